The van der Waals surface area contributed by atoms with Crippen molar-refractivity contribution in [2.45, 2.75) is 61.9 Å². The molecule has 4 atom stereocenters. The summed E-state index contributed by atoms with van der Waals surface area (Å²) in [5, 5.41) is 66.2. The van der Waals surface area contributed by atoms with E-state index in [0.29, 0.717) is 39.6 Å². The Morgan fingerprint density at radius 3 is 1.34 bits per heavy atom. The normalized spacial score (nSPS) is 13.4. The number of rotatable bonds is 24. The SMILES string of the molecule is CC(O)CN(CC(C)O)c1nc(Nc2ccccc2)nc(Nc2ccc(/C=C/c3ccc(Nc4nc(Nc5ccccc5)nc(N(CC(C)O)CC(C)O)n4)cc3S(=O)(=O)O)c(SOOO)c2)n1. The molecule has 0 aliphatic carbocycles. The lowest BCUT2D eigenvalue weighted by atomic mass is 10.1. The van der Waals surface area contributed by atoms with Gasteiger partial charge in [-0.05, 0) is 87.4 Å². The minimum atomic E-state index is -4.83. The van der Waals surface area contributed by atoms with Crippen molar-refractivity contribution in [3.8, 4) is 0 Å². The van der Waals surface area contributed by atoms with Gasteiger partial charge in [0.2, 0.25) is 35.7 Å². The van der Waals surface area contributed by atoms with Crippen molar-refractivity contribution >= 4 is 92.8 Å². The zero-order chi connectivity index (χ0) is 48.8. The van der Waals surface area contributed by atoms with Crippen LogP contribution in [-0.4, -0.2) is 119 Å². The van der Waals surface area contributed by atoms with Crippen molar-refractivity contribution < 1.29 is 48.0 Å². The summed E-state index contributed by atoms with van der Waals surface area (Å²) < 4.78 is 40.9. The van der Waals surface area contributed by atoms with Gasteiger partial charge in [-0.25, -0.2) is 5.26 Å². The van der Waals surface area contributed by atoms with Gasteiger partial charge in [-0.2, -0.15) is 38.3 Å². The quantitative estimate of drug-likeness (QED) is 0.0109. The molecule has 6 rings (SSSR count). The highest BCUT2D eigenvalue weighted by atomic mass is 32.2. The second-order valence-electron chi connectivity index (χ2n) is 15.5. The van der Waals surface area contributed by atoms with Crippen molar-refractivity contribution in [1.29, 1.82) is 0 Å². The lowest BCUT2D eigenvalue weighted by molar-refractivity contribution is -0.432. The average Bonchev–Trinajstić information content (AvgIpc) is 3.27. The van der Waals surface area contributed by atoms with Gasteiger partial charge in [0.1, 0.15) is 4.90 Å². The molecular formula is C44H52N12O10S2. The zero-order valence-corrected chi connectivity index (χ0v) is 38.9. The summed E-state index contributed by atoms with van der Waals surface area (Å²) in [5.41, 5.74) is 2.52. The molecule has 360 valence electrons. The number of hydrogen-bond donors (Lipinski definition) is 10. The molecule has 0 saturated heterocycles. The van der Waals surface area contributed by atoms with E-state index in [0.717, 1.165) is 0 Å². The Morgan fingerprint density at radius 1 is 0.559 bits per heavy atom. The fraction of sp³-hybridized carbons (Fsp3) is 0.273. The van der Waals surface area contributed by atoms with E-state index in [9.17, 15) is 33.4 Å². The number of benzene rings is 4. The summed E-state index contributed by atoms with van der Waals surface area (Å²) in [7, 11) is -4.83. The summed E-state index contributed by atoms with van der Waals surface area (Å²) in [6.45, 7) is 6.76. The summed E-state index contributed by atoms with van der Waals surface area (Å²) in [5.74, 6) is 0.627. The lowest BCUT2D eigenvalue weighted by Crippen LogP contribution is -2.37. The summed E-state index contributed by atoms with van der Waals surface area (Å²) >= 11 is 0.632. The maximum absolute atomic E-state index is 12.9. The number of aliphatic hydroxyl groups excluding tert-OH is 4. The fourth-order valence-electron chi connectivity index (χ4n) is 6.57. The minimum Gasteiger partial charge on any atom is -0.392 e. The van der Waals surface area contributed by atoms with Gasteiger partial charge >= 0.3 is 0 Å². The topological polar surface area (TPSA) is 306 Å². The predicted octanol–water partition coefficient (Wildman–Crippen LogP) is 6.01. The molecule has 0 aliphatic rings. The van der Waals surface area contributed by atoms with Gasteiger partial charge in [-0.1, -0.05) is 65.7 Å². The highest BCUT2D eigenvalue weighted by molar-refractivity contribution is 7.94. The summed E-state index contributed by atoms with van der Waals surface area (Å²) in [4.78, 5) is 30.3. The number of anilines is 10. The molecular weight excluding hydrogens is 921 g/mol. The largest absolute Gasteiger partial charge is 0.392 e. The van der Waals surface area contributed by atoms with E-state index in [1.807, 2.05) is 48.5 Å². The van der Waals surface area contributed by atoms with Gasteiger partial charge in [0, 0.05) is 53.8 Å². The monoisotopic (exact) mass is 972 g/mol. The van der Waals surface area contributed by atoms with Crippen LogP contribution >= 0.6 is 12.0 Å². The molecule has 2 aromatic heterocycles. The van der Waals surface area contributed by atoms with E-state index in [1.165, 1.54) is 18.2 Å². The number of para-hydroxylation sites is 2. The van der Waals surface area contributed by atoms with E-state index in [-0.39, 0.29) is 73.1 Å². The maximum atomic E-state index is 12.9. The first kappa shape index (κ1) is 50.8. The van der Waals surface area contributed by atoms with Crippen molar-refractivity contribution in [3.63, 3.8) is 0 Å². The molecule has 6 aromatic rings. The maximum Gasteiger partial charge on any atom is 0.295 e. The highest BCUT2D eigenvalue weighted by Crippen LogP contribution is 2.32. The molecule has 4 aromatic carbocycles. The second kappa shape index (κ2) is 23.9. The minimum absolute atomic E-state index is 0.0189. The molecule has 68 heavy (non-hydrogen) atoms. The van der Waals surface area contributed by atoms with E-state index < -0.39 is 39.4 Å². The van der Waals surface area contributed by atoms with Crippen LogP contribution in [0.5, 0.6) is 0 Å². The first-order valence-electron chi connectivity index (χ1n) is 21.0. The van der Waals surface area contributed by atoms with Gasteiger partial charge in [-0.15, -0.1) is 4.33 Å². The molecule has 0 spiro atoms. The lowest BCUT2D eigenvalue weighted by Gasteiger charge is -2.26. The molecule has 0 bridgehead atoms. The third kappa shape index (κ3) is 15.5. The Balaban J connectivity index is 1.31. The van der Waals surface area contributed by atoms with Crippen molar-refractivity contribution in [1.82, 2.24) is 29.9 Å². The predicted molar refractivity (Wildman–Crippen MR) is 259 cm³/mol. The molecule has 22 nitrogen and oxygen atoms in total. The summed E-state index contributed by atoms with van der Waals surface area (Å²) in [6.07, 6.45) is -0.172. The number of aromatic nitrogens is 6. The van der Waals surface area contributed by atoms with Crippen molar-refractivity contribution in [3.05, 3.63) is 108 Å². The summed E-state index contributed by atoms with van der Waals surface area (Å²) in [6, 6.07) is 27.4. The molecule has 10 N–H and O–H groups in total. The van der Waals surface area contributed by atoms with Crippen LogP contribution in [0.25, 0.3) is 12.2 Å². The first-order chi connectivity index (χ1) is 32.5. The third-order valence-corrected chi connectivity index (χ3v) is 10.8. The number of aliphatic hydroxyl groups is 4. The van der Waals surface area contributed by atoms with Gasteiger partial charge in [0.25, 0.3) is 10.1 Å². The third-order valence-electron chi connectivity index (χ3n) is 9.23. The Kier molecular flexibility index (Phi) is 17.9. The van der Waals surface area contributed by atoms with Crippen LogP contribution in [0, 0.1) is 0 Å². The molecule has 0 amide bonds. The van der Waals surface area contributed by atoms with Gasteiger partial charge in [-0.3, -0.25) is 4.55 Å². The molecule has 24 heteroatoms. The molecule has 0 saturated carbocycles. The number of hydrogen-bond acceptors (Lipinski definition) is 22. The van der Waals surface area contributed by atoms with Crippen LogP contribution in [-0.2, 0) is 19.5 Å². The van der Waals surface area contributed by atoms with E-state index >= 15 is 0 Å². The molecule has 0 fully saturated rings. The Morgan fingerprint density at radius 2 is 0.941 bits per heavy atom. The Bertz CT molecular complexity index is 2700. The fourth-order valence-corrected chi connectivity index (χ4v) is 7.79. The molecule has 0 aliphatic heterocycles. The first-order valence-corrected chi connectivity index (χ1v) is 23.2. The van der Waals surface area contributed by atoms with Gasteiger partial charge < -0.3 is 51.5 Å². The number of nitrogens with one attached hydrogen (secondary N) is 4. The van der Waals surface area contributed by atoms with E-state index in [4.69, 9.17) is 9.59 Å². The number of nitrogens with zero attached hydrogens (tertiary/aromatic N) is 8. The van der Waals surface area contributed by atoms with Crippen LogP contribution in [0.4, 0.5) is 58.4 Å². The smallest absolute Gasteiger partial charge is 0.295 e. The van der Waals surface area contributed by atoms with Crippen molar-refractivity contribution in [2.24, 2.45) is 0 Å². The molecule has 2 heterocycles. The van der Waals surface area contributed by atoms with Gasteiger partial charge in [0.05, 0.1) is 36.5 Å². The second-order valence-corrected chi connectivity index (χ2v) is 17.7. The molecule has 4 unspecified atom stereocenters. The van der Waals surface area contributed by atoms with Gasteiger partial charge in [0.15, 0.2) is 0 Å². The average molecular weight is 973 g/mol. The van der Waals surface area contributed by atoms with Crippen molar-refractivity contribution in [2.75, 3.05) is 57.2 Å². The van der Waals surface area contributed by atoms with Crippen LogP contribution in [0.15, 0.2) is 107 Å². The zero-order valence-electron chi connectivity index (χ0n) is 37.2. The Hall–Kier alpha value is -6.58. The van der Waals surface area contributed by atoms with E-state index in [2.05, 4.69) is 56.2 Å². The van der Waals surface area contributed by atoms with Crippen LogP contribution in [0.3, 0.4) is 0 Å². The van der Waals surface area contributed by atoms with Crippen LogP contribution in [0.1, 0.15) is 38.8 Å². The highest BCUT2D eigenvalue weighted by Gasteiger charge is 2.21. The Labute approximate surface area is 396 Å². The molecule has 0 radical (unpaired) electrons. The standard InChI is InChI=1S/C44H52N12O10S2/c1-27(57)23-55(24-28(2)58)43-51-39(45-33-11-7-5-8-12-33)49-41(53-43)47-35-19-17-31(37(21-35)67-66-65-61)15-16-32-18-20-36(22-38(32)68(62,63)64)48-42-50-40(46-34-13-9-6-10-14-34)52-44(54-42)56(25-29(3)59)26-30(4)60/h5-22,27-30,57-61H,23-26H2,1-4H3,(H,62,63,64)(H2,45,47,49,51,53)(H2,46,48,50,52,54)/b16-15+. The van der Waals surface area contributed by atoms with Crippen LogP contribution < -0.4 is 31.1 Å². The van der Waals surface area contributed by atoms with E-state index in [1.54, 1.807) is 80.0 Å². The van der Waals surface area contributed by atoms with Crippen LogP contribution in [0.2, 0.25) is 0 Å².